The average molecular weight is 649 g/mol. The van der Waals surface area contributed by atoms with E-state index < -0.39 is 28.5 Å². The van der Waals surface area contributed by atoms with E-state index in [1.54, 1.807) is 36.4 Å². The van der Waals surface area contributed by atoms with Crippen molar-refractivity contribution in [1.29, 1.82) is 0 Å². The Hall–Kier alpha value is -3.47. The van der Waals surface area contributed by atoms with Gasteiger partial charge in [0.05, 0.1) is 11.4 Å². The van der Waals surface area contributed by atoms with Gasteiger partial charge in [0, 0.05) is 35.6 Å². The van der Waals surface area contributed by atoms with Gasteiger partial charge >= 0.3 is 0 Å². The fraction of sp³-hybridized carbons (Fsp3) is 0.355. The van der Waals surface area contributed by atoms with Crippen LogP contribution in [-0.2, 0) is 32.6 Å². The number of ether oxygens (including phenoxy) is 2. The number of rotatable bonds is 13. The summed E-state index contributed by atoms with van der Waals surface area (Å²) in [5.41, 5.74) is 1.65. The summed E-state index contributed by atoms with van der Waals surface area (Å²) in [6, 6.07) is 18.0. The van der Waals surface area contributed by atoms with Crippen molar-refractivity contribution < 1.29 is 27.5 Å². The number of hydrogen-bond acceptors (Lipinski definition) is 6. The minimum Gasteiger partial charge on any atom is -0.486 e. The molecule has 3 aromatic carbocycles. The molecule has 0 aromatic heterocycles. The molecular weight excluding hydrogens is 613 g/mol. The monoisotopic (exact) mass is 647 g/mol. The third-order valence-electron chi connectivity index (χ3n) is 6.97. The Morgan fingerprint density at radius 2 is 1.67 bits per heavy atom. The maximum atomic E-state index is 14.3. The molecular formula is C31H35Cl2N3O6S. The molecule has 0 radical (unpaired) electrons. The molecule has 0 unspecified atom stereocenters. The van der Waals surface area contributed by atoms with Crippen molar-refractivity contribution in [3.05, 3.63) is 87.9 Å². The highest BCUT2D eigenvalue weighted by atomic mass is 35.5. The Kier molecular flexibility index (Phi) is 11.2. The van der Waals surface area contributed by atoms with Gasteiger partial charge in [0.2, 0.25) is 21.8 Å². The zero-order valence-electron chi connectivity index (χ0n) is 24.1. The van der Waals surface area contributed by atoms with Crippen LogP contribution in [0.15, 0.2) is 66.7 Å². The lowest BCUT2D eigenvalue weighted by Gasteiger charge is -2.34. The number of carbonyl (C=O) groups is 2. The number of sulfonamides is 1. The number of amides is 2. The van der Waals surface area contributed by atoms with Crippen molar-refractivity contribution in [2.45, 2.75) is 39.3 Å². The number of anilines is 1. The number of fused-ring (bicyclic) bond motifs is 1. The number of nitrogens with zero attached hydrogens (tertiary/aromatic N) is 2. The zero-order chi connectivity index (χ0) is 31.0. The van der Waals surface area contributed by atoms with Crippen LogP contribution in [0.5, 0.6) is 11.5 Å². The first-order valence-electron chi connectivity index (χ1n) is 14.1. The van der Waals surface area contributed by atoms with Crippen LogP contribution < -0.4 is 19.1 Å². The number of hydrogen-bond donors (Lipinski definition) is 1. The third-order valence-corrected chi connectivity index (χ3v) is 9.30. The Bertz CT molecular complexity index is 1540. The van der Waals surface area contributed by atoms with Crippen molar-refractivity contribution in [3.8, 4) is 11.5 Å². The van der Waals surface area contributed by atoms with Crippen molar-refractivity contribution >= 4 is 50.7 Å². The summed E-state index contributed by atoms with van der Waals surface area (Å²) >= 11 is 12.6. The molecule has 0 saturated heterocycles. The average Bonchev–Trinajstić information content (AvgIpc) is 3.01. The molecule has 230 valence electrons. The molecule has 1 atom stereocenters. The standard InChI is InChI=1S/C31H35Cl2N3O6S/c1-3-14-34-31(38)27(17-22-8-6-5-7-9-22)35(20-23-10-11-24(32)18-26(23)33)30(37)21-36(43(39,40)4-2)25-12-13-28-29(19-25)42-16-15-41-28/h5-13,18-19,27H,3-4,14-17,20-21H2,1-2H3,(H,34,38)/t27-/m0/s1. The van der Waals surface area contributed by atoms with Crippen molar-refractivity contribution in [2.75, 3.05) is 36.4 Å². The molecule has 3 aromatic rings. The second-order valence-electron chi connectivity index (χ2n) is 9.99. The van der Waals surface area contributed by atoms with Gasteiger partial charge in [-0.15, -0.1) is 0 Å². The van der Waals surface area contributed by atoms with Crippen molar-refractivity contribution in [2.24, 2.45) is 0 Å². The van der Waals surface area contributed by atoms with Crippen LogP contribution in [0.1, 0.15) is 31.4 Å². The van der Waals surface area contributed by atoms with Crippen molar-refractivity contribution in [3.63, 3.8) is 0 Å². The Morgan fingerprint density at radius 3 is 2.35 bits per heavy atom. The zero-order valence-corrected chi connectivity index (χ0v) is 26.4. The molecule has 0 spiro atoms. The SMILES string of the molecule is CCCNC(=O)[C@H](Cc1ccccc1)N(Cc1ccc(Cl)cc1Cl)C(=O)CN(c1ccc2c(c1)OCCO2)S(=O)(=O)CC. The van der Waals surface area contributed by atoms with Crippen LogP contribution in [0, 0.1) is 0 Å². The van der Waals surface area contributed by atoms with E-state index in [0.29, 0.717) is 53.3 Å². The summed E-state index contributed by atoms with van der Waals surface area (Å²) in [6.07, 6.45) is 0.908. The molecule has 1 heterocycles. The topological polar surface area (TPSA) is 105 Å². The smallest absolute Gasteiger partial charge is 0.244 e. The number of nitrogens with one attached hydrogen (secondary N) is 1. The summed E-state index contributed by atoms with van der Waals surface area (Å²) in [5.74, 6) is -0.302. The van der Waals surface area contributed by atoms with E-state index in [2.05, 4.69) is 5.32 Å². The molecule has 12 heteroatoms. The largest absolute Gasteiger partial charge is 0.486 e. The molecule has 1 aliphatic rings. The summed E-state index contributed by atoms with van der Waals surface area (Å²) in [4.78, 5) is 29.3. The minimum absolute atomic E-state index is 0.0486. The van der Waals surface area contributed by atoms with E-state index >= 15 is 0 Å². The quantitative estimate of drug-likeness (QED) is 0.277. The highest BCUT2D eigenvalue weighted by Gasteiger charge is 2.34. The van der Waals surface area contributed by atoms with E-state index in [1.165, 1.54) is 11.8 Å². The van der Waals surface area contributed by atoms with Crippen molar-refractivity contribution in [1.82, 2.24) is 10.2 Å². The van der Waals surface area contributed by atoms with Crippen LogP contribution in [0.25, 0.3) is 0 Å². The minimum atomic E-state index is -3.93. The molecule has 1 aliphatic heterocycles. The highest BCUT2D eigenvalue weighted by molar-refractivity contribution is 7.92. The Morgan fingerprint density at radius 1 is 0.953 bits per heavy atom. The van der Waals surface area contributed by atoms with Gasteiger partial charge in [-0.05, 0) is 48.7 Å². The van der Waals surface area contributed by atoms with E-state index in [-0.39, 0.29) is 30.3 Å². The van der Waals surface area contributed by atoms with Gasteiger partial charge < -0.3 is 19.7 Å². The molecule has 4 rings (SSSR count). The second-order valence-corrected chi connectivity index (χ2v) is 13.0. The Labute approximate surface area is 262 Å². The fourth-order valence-corrected chi connectivity index (χ4v) is 6.18. The van der Waals surface area contributed by atoms with Crippen LogP contribution >= 0.6 is 23.2 Å². The van der Waals surface area contributed by atoms with Gasteiger partial charge in [0.15, 0.2) is 11.5 Å². The summed E-state index contributed by atoms with van der Waals surface area (Å²) in [5, 5.41) is 3.65. The second kappa shape index (κ2) is 14.8. The predicted molar refractivity (Wildman–Crippen MR) is 168 cm³/mol. The molecule has 0 fully saturated rings. The first kappa shape index (κ1) is 32.4. The van der Waals surface area contributed by atoms with Crippen LogP contribution in [0.3, 0.4) is 0 Å². The maximum Gasteiger partial charge on any atom is 0.244 e. The molecule has 0 bridgehead atoms. The van der Waals surface area contributed by atoms with E-state index in [0.717, 1.165) is 9.87 Å². The maximum absolute atomic E-state index is 14.3. The summed E-state index contributed by atoms with van der Waals surface area (Å²) < 4.78 is 39.1. The molecule has 0 saturated carbocycles. The highest BCUT2D eigenvalue weighted by Crippen LogP contribution is 2.35. The molecule has 0 aliphatic carbocycles. The third kappa shape index (κ3) is 8.34. The van der Waals surface area contributed by atoms with Crippen LogP contribution in [-0.4, -0.2) is 63.2 Å². The normalized spacial score (nSPS) is 13.2. The lowest BCUT2D eigenvalue weighted by molar-refractivity contribution is -0.140. The van der Waals surface area contributed by atoms with Gasteiger partial charge in [-0.2, -0.15) is 0 Å². The van der Waals surface area contributed by atoms with Gasteiger partial charge in [-0.1, -0.05) is 66.5 Å². The van der Waals surface area contributed by atoms with Gasteiger partial charge in [0.25, 0.3) is 0 Å². The van der Waals surface area contributed by atoms with Crippen LogP contribution in [0.4, 0.5) is 5.69 Å². The number of carbonyl (C=O) groups excluding carboxylic acids is 2. The number of benzene rings is 3. The lowest BCUT2D eigenvalue weighted by Crippen LogP contribution is -2.53. The first-order valence-corrected chi connectivity index (χ1v) is 16.4. The van der Waals surface area contributed by atoms with Gasteiger partial charge in [-0.3, -0.25) is 13.9 Å². The van der Waals surface area contributed by atoms with E-state index in [4.69, 9.17) is 32.7 Å². The molecule has 1 N–H and O–H groups in total. The summed E-state index contributed by atoms with van der Waals surface area (Å²) in [7, 11) is -3.93. The predicted octanol–water partition coefficient (Wildman–Crippen LogP) is 5.09. The van der Waals surface area contributed by atoms with E-state index in [1.807, 2.05) is 37.3 Å². The number of halogens is 2. The first-order chi connectivity index (χ1) is 20.6. The lowest BCUT2D eigenvalue weighted by atomic mass is 10.0. The van der Waals surface area contributed by atoms with E-state index in [9.17, 15) is 18.0 Å². The van der Waals surface area contributed by atoms with Gasteiger partial charge in [0.1, 0.15) is 25.8 Å². The molecule has 2 amide bonds. The molecule has 9 nitrogen and oxygen atoms in total. The van der Waals surface area contributed by atoms with Crippen LogP contribution in [0.2, 0.25) is 10.0 Å². The molecule has 43 heavy (non-hydrogen) atoms. The summed E-state index contributed by atoms with van der Waals surface area (Å²) in [6.45, 7) is 3.96. The van der Waals surface area contributed by atoms with Gasteiger partial charge in [-0.25, -0.2) is 8.42 Å². The fourth-order valence-electron chi connectivity index (χ4n) is 4.66. The Balaban J connectivity index is 1.76.